The summed E-state index contributed by atoms with van der Waals surface area (Å²) in [7, 11) is 0. The monoisotopic (exact) mass is 166 g/mol. The van der Waals surface area contributed by atoms with Crippen LogP contribution in [-0.2, 0) is 4.79 Å². The highest BCUT2D eigenvalue weighted by molar-refractivity contribution is 5.50. The highest BCUT2D eigenvalue weighted by atomic mass is 16.1. The highest BCUT2D eigenvalue weighted by Crippen LogP contribution is 2.44. The predicted molar refractivity (Wildman–Crippen MR) is 50.9 cm³/mol. The molecule has 0 radical (unpaired) electrons. The first kappa shape index (κ1) is 9.50. The Kier molecular flexibility index (Phi) is 2.71. The van der Waals surface area contributed by atoms with Crippen LogP contribution in [0.25, 0.3) is 0 Å². The second kappa shape index (κ2) is 3.42. The van der Waals surface area contributed by atoms with Gasteiger partial charge in [-0.2, -0.15) is 0 Å². The average Bonchev–Trinajstić information content (AvgIpc) is 2.00. The zero-order valence-electron chi connectivity index (χ0n) is 8.10. The molecule has 0 N–H and O–H groups in total. The SMILES string of the molecule is C=C1CCC[C@H](CC=O)C1(C)C. The Labute approximate surface area is 74.9 Å². The van der Waals surface area contributed by atoms with Gasteiger partial charge < -0.3 is 4.79 Å². The number of allylic oxidation sites excluding steroid dienone is 1. The first-order chi connectivity index (χ1) is 5.59. The van der Waals surface area contributed by atoms with E-state index in [4.69, 9.17) is 0 Å². The number of carbonyl (C=O) groups excluding carboxylic acids is 1. The predicted octanol–water partition coefficient (Wildman–Crippen LogP) is 2.96. The van der Waals surface area contributed by atoms with Crippen molar-refractivity contribution in [3.63, 3.8) is 0 Å². The molecular formula is C11H18O. The molecule has 1 aliphatic rings. The number of aldehydes is 1. The number of rotatable bonds is 2. The molecule has 1 aliphatic carbocycles. The van der Waals surface area contributed by atoms with Gasteiger partial charge in [0.1, 0.15) is 6.29 Å². The molecule has 68 valence electrons. The van der Waals surface area contributed by atoms with Crippen molar-refractivity contribution < 1.29 is 4.79 Å². The standard InChI is InChI=1S/C11H18O/c1-9-5-4-6-10(7-8-12)11(9,2)3/h8,10H,1,4-7H2,2-3H3/t10-/m1/s1. The van der Waals surface area contributed by atoms with E-state index in [2.05, 4.69) is 20.4 Å². The summed E-state index contributed by atoms with van der Waals surface area (Å²) in [5.41, 5.74) is 1.50. The van der Waals surface area contributed by atoms with Gasteiger partial charge in [0.15, 0.2) is 0 Å². The summed E-state index contributed by atoms with van der Waals surface area (Å²) >= 11 is 0. The van der Waals surface area contributed by atoms with Gasteiger partial charge in [-0.1, -0.05) is 26.0 Å². The zero-order chi connectivity index (χ0) is 9.19. The first-order valence-electron chi connectivity index (χ1n) is 4.71. The molecule has 0 aromatic carbocycles. The van der Waals surface area contributed by atoms with E-state index in [1.165, 1.54) is 18.4 Å². The fourth-order valence-electron chi connectivity index (χ4n) is 2.06. The molecule has 0 aliphatic heterocycles. The Morgan fingerprint density at radius 2 is 2.33 bits per heavy atom. The first-order valence-corrected chi connectivity index (χ1v) is 4.71. The maximum absolute atomic E-state index is 10.4. The lowest BCUT2D eigenvalue weighted by Crippen LogP contribution is -2.30. The van der Waals surface area contributed by atoms with Crippen LogP contribution in [-0.4, -0.2) is 6.29 Å². The Morgan fingerprint density at radius 3 is 2.92 bits per heavy atom. The van der Waals surface area contributed by atoms with Crippen molar-refractivity contribution >= 4 is 6.29 Å². The van der Waals surface area contributed by atoms with Crippen molar-refractivity contribution in [3.8, 4) is 0 Å². The van der Waals surface area contributed by atoms with Gasteiger partial charge in [-0.05, 0) is 30.6 Å². The molecule has 1 atom stereocenters. The molecular weight excluding hydrogens is 148 g/mol. The fraction of sp³-hybridized carbons (Fsp3) is 0.727. The molecule has 0 heterocycles. The van der Waals surface area contributed by atoms with Crippen molar-refractivity contribution in [1.29, 1.82) is 0 Å². The topological polar surface area (TPSA) is 17.1 Å². The summed E-state index contributed by atoms with van der Waals surface area (Å²) in [5, 5.41) is 0. The molecule has 0 spiro atoms. The molecule has 0 saturated heterocycles. The molecule has 0 aromatic heterocycles. The van der Waals surface area contributed by atoms with Gasteiger partial charge in [-0.25, -0.2) is 0 Å². The maximum Gasteiger partial charge on any atom is 0.120 e. The summed E-state index contributed by atoms with van der Waals surface area (Å²) in [6.07, 6.45) is 5.28. The molecule has 0 aromatic rings. The minimum absolute atomic E-state index is 0.180. The second-order valence-corrected chi connectivity index (χ2v) is 4.32. The number of hydrogen-bond donors (Lipinski definition) is 0. The van der Waals surface area contributed by atoms with Gasteiger partial charge in [0.25, 0.3) is 0 Å². The molecule has 1 fully saturated rings. The molecule has 1 heteroatoms. The molecule has 0 unspecified atom stereocenters. The molecule has 0 bridgehead atoms. The molecule has 0 amide bonds. The second-order valence-electron chi connectivity index (χ2n) is 4.32. The summed E-state index contributed by atoms with van der Waals surface area (Å²) < 4.78 is 0. The Bertz CT molecular complexity index is 191. The third-order valence-electron chi connectivity index (χ3n) is 3.34. The quantitative estimate of drug-likeness (QED) is 0.455. The van der Waals surface area contributed by atoms with Crippen LogP contribution in [0.15, 0.2) is 12.2 Å². The molecule has 1 rings (SSSR count). The van der Waals surface area contributed by atoms with Crippen molar-refractivity contribution in [2.24, 2.45) is 11.3 Å². The summed E-state index contributed by atoms with van der Waals surface area (Å²) in [6, 6.07) is 0. The summed E-state index contributed by atoms with van der Waals surface area (Å²) in [4.78, 5) is 10.4. The van der Waals surface area contributed by atoms with Crippen LogP contribution in [0.4, 0.5) is 0 Å². The third-order valence-corrected chi connectivity index (χ3v) is 3.34. The lowest BCUT2D eigenvalue weighted by molar-refractivity contribution is -0.109. The van der Waals surface area contributed by atoms with Crippen molar-refractivity contribution in [2.45, 2.75) is 39.5 Å². The van der Waals surface area contributed by atoms with Crippen molar-refractivity contribution in [1.82, 2.24) is 0 Å². The van der Waals surface area contributed by atoms with E-state index in [0.29, 0.717) is 12.3 Å². The minimum Gasteiger partial charge on any atom is -0.303 e. The van der Waals surface area contributed by atoms with Gasteiger partial charge in [0, 0.05) is 6.42 Å². The van der Waals surface area contributed by atoms with Crippen LogP contribution in [0.5, 0.6) is 0 Å². The van der Waals surface area contributed by atoms with Crippen LogP contribution in [0.1, 0.15) is 39.5 Å². The van der Waals surface area contributed by atoms with Crippen molar-refractivity contribution in [2.75, 3.05) is 0 Å². The number of hydrogen-bond acceptors (Lipinski definition) is 1. The van der Waals surface area contributed by atoms with Crippen LogP contribution in [0, 0.1) is 11.3 Å². The molecule has 1 saturated carbocycles. The van der Waals surface area contributed by atoms with E-state index in [1.807, 2.05) is 0 Å². The maximum atomic E-state index is 10.4. The molecule has 1 nitrogen and oxygen atoms in total. The van der Waals surface area contributed by atoms with Gasteiger partial charge in [0.2, 0.25) is 0 Å². The van der Waals surface area contributed by atoms with Gasteiger partial charge in [-0.15, -0.1) is 0 Å². The van der Waals surface area contributed by atoms with E-state index >= 15 is 0 Å². The molecule has 12 heavy (non-hydrogen) atoms. The van der Waals surface area contributed by atoms with E-state index in [-0.39, 0.29) is 5.41 Å². The van der Waals surface area contributed by atoms with Crippen LogP contribution >= 0.6 is 0 Å². The zero-order valence-corrected chi connectivity index (χ0v) is 8.10. The van der Waals surface area contributed by atoms with Crippen LogP contribution in [0.2, 0.25) is 0 Å². The Hall–Kier alpha value is -0.590. The average molecular weight is 166 g/mol. The van der Waals surface area contributed by atoms with Gasteiger partial charge >= 0.3 is 0 Å². The normalized spacial score (nSPS) is 28.5. The Morgan fingerprint density at radius 1 is 1.67 bits per heavy atom. The van der Waals surface area contributed by atoms with E-state index in [9.17, 15) is 4.79 Å². The summed E-state index contributed by atoms with van der Waals surface area (Å²) in [5.74, 6) is 0.524. The third kappa shape index (κ3) is 1.60. The summed E-state index contributed by atoms with van der Waals surface area (Å²) in [6.45, 7) is 8.51. The van der Waals surface area contributed by atoms with Crippen LogP contribution < -0.4 is 0 Å². The minimum atomic E-state index is 0.180. The Balaban J connectivity index is 2.71. The van der Waals surface area contributed by atoms with Crippen molar-refractivity contribution in [3.05, 3.63) is 12.2 Å². The van der Waals surface area contributed by atoms with Gasteiger partial charge in [0.05, 0.1) is 0 Å². The van der Waals surface area contributed by atoms with E-state index in [1.54, 1.807) is 0 Å². The largest absolute Gasteiger partial charge is 0.303 e. The van der Waals surface area contributed by atoms with E-state index in [0.717, 1.165) is 12.7 Å². The van der Waals surface area contributed by atoms with Crippen LogP contribution in [0.3, 0.4) is 0 Å². The lowest BCUT2D eigenvalue weighted by Gasteiger charge is -2.39. The van der Waals surface area contributed by atoms with E-state index < -0.39 is 0 Å². The fourth-order valence-corrected chi connectivity index (χ4v) is 2.06. The smallest absolute Gasteiger partial charge is 0.120 e. The van der Waals surface area contributed by atoms with Gasteiger partial charge in [-0.3, -0.25) is 0 Å². The number of carbonyl (C=O) groups is 1. The highest BCUT2D eigenvalue weighted by Gasteiger charge is 2.34. The lowest BCUT2D eigenvalue weighted by atomic mass is 9.65.